The summed E-state index contributed by atoms with van der Waals surface area (Å²) in [6, 6.07) is -5.40. The molecule has 0 aromatic rings. The molecule has 0 rings (SSSR count). The number of nitrogens with one attached hydrogen (secondary N) is 3. The van der Waals surface area contributed by atoms with Gasteiger partial charge in [0, 0.05) is 5.75 Å². The molecule has 8 N–H and O–H groups in total. The van der Waals surface area contributed by atoms with Gasteiger partial charge in [-0.25, -0.2) is 4.79 Å². The third kappa shape index (κ3) is 10.1. The second-order valence-corrected chi connectivity index (χ2v) is 7.09. The Morgan fingerprint density at radius 1 is 0.897 bits per heavy atom. The second kappa shape index (κ2) is 13.0. The number of hydrogen-bond donors (Lipinski definition) is 8. The van der Waals surface area contributed by atoms with Gasteiger partial charge in [0.2, 0.25) is 17.7 Å². The van der Waals surface area contributed by atoms with E-state index in [9.17, 15) is 24.0 Å². The predicted octanol–water partition coefficient (Wildman–Crippen LogP) is -2.70. The number of carboxylic acid groups (broad SMARTS) is 2. The second-order valence-electron chi connectivity index (χ2n) is 6.72. The van der Waals surface area contributed by atoms with Crippen LogP contribution in [-0.4, -0.2) is 81.5 Å². The minimum atomic E-state index is -1.59. The van der Waals surface area contributed by atoms with Crippen molar-refractivity contribution in [3.8, 4) is 0 Å². The maximum Gasteiger partial charge on any atom is 0.328 e. The number of hydrogen-bond acceptors (Lipinski definition) is 8. The van der Waals surface area contributed by atoms with E-state index in [1.807, 2.05) is 19.2 Å². The molecule has 29 heavy (non-hydrogen) atoms. The SMILES string of the molecule is CC(C)CC(N)C(=O)NC(CC(=O)O)C(=O)NC(CS)C(=O)NC(CO)C(=O)O. The summed E-state index contributed by atoms with van der Waals surface area (Å²) in [6.07, 6.45) is -0.450. The van der Waals surface area contributed by atoms with E-state index in [0.717, 1.165) is 0 Å². The molecule has 4 unspecified atom stereocenters. The number of aliphatic hydroxyl groups excluding tert-OH is 1. The van der Waals surface area contributed by atoms with Crippen molar-refractivity contribution in [2.75, 3.05) is 12.4 Å². The summed E-state index contributed by atoms with van der Waals surface area (Å²) >= 11 is 3.90. The van der Waals surface area contributed by atoms with Crippen LogP contribution in [0.1, 0.15) is 26.7 Å². The maximum absolute atomic E-state index is 12.4. The topological polar surface area (TPSA) is 208 Å². The van der Waals surface area contributed by atoms with Crippen LogP contribution in [0.5, 0.6) is 0 Å². The molecular weight excluding hydrogens is 408 g/mol. The zero-order valence-electron chi connectivity index (χ0n) is 16.1. The molecule has 4 atom stereocenters. The zero-order chi connectivity index (χ0) is 22.7. The van der Waals surface area contributed by atoms with Crippen molar-refractivity contribution in [1.29, 1.82) is 0 Å². The van der Waals surface area contributed by atoms with Crippen LogP contribution in [0.3, 0.4) is 0 Å². The van der Waals surface area contributed by atoms with E-state index >= 15 is 0 Å². The molecule has 13 heteroatoms. The fourth-order valence-electron chi connectivity index (χ4n) is 2.20. The number of nitrogens with two attached hydrogens (primary N) is 1. The average molecular weight is 436 g/mol. The van der Waals surface area contributed by atoms with Crippen molar-refractivity contribution in [2.24, 2.45) is 11.7 Å². The Morgan fingerprint density at radius 3 is 1.79 bits per heavy atom. The third-order valence-corrected chi connectivity index (χ3v) is 4.05. The molecule has 3 amide bonds. The molecule has 0 heterocycles. The fraction of sp³-hybridized carbons (Fsp3) is 0.688. The molecule has 12 nitrogen and oxygen atoms in total. The summed E-state index contributed by atoms with van der Waals surface area (Å²) in [4.78, 5) is 58.6. The quantitative estimate of drug-likeness (QED) is 0.141. The van der Waals surface area contributed by atoms with Gasteiger partial charge < -0.3 is 37.0 Å². The molecule has 0 aliphatic carbocycles. The monoisotopic (exact) mass is 436 g/mol. The van der Waals surface area contributed by atoms with E-state index < -0.39 is 66.9 Å². The molecule has 0 radical (unpaired) electrons. The number of carbonyl (C=O) groups is 5. The van der Waals surface area contributed by atoms with Gasteiger partial charge in [0.1, 0.15) is 18.1 Å². The van der Waals surface area contributed by atoms with Gasteiger partial charge in [-0.05, 0) is 12.3 Å². The fourth-order valence-corrected chi connectivity index (χ4v) is 2.46. The van der Waals surface area contributed by atoms with E-state index in [2.05, 4.69) is 23.3 Å². The standard InChI is InChI=1S/C16H28N4O8S/c1-7(2)3-8(17)13(24)18-9(4-12(22)23)14(25)20-11(6-29)15(26)19-10(5-21)16(27)28/h7-11,21,29H,3-6,17H2,1-2H3,(H,18,24)(H,19,26)(H,20,25)(H,22,23)(H,27,28). The van der Waals surface area contributed by atoms with E-state index in [-0.39, 0.29) is 11.7 Å². The van der Waals surface area contributed by atoms with E-state index in [4.69, 9.17) is 21.1 Å². The van der Waals surface area contributed by atoms with Crippen LogP contribution in [0.15, 0.2) is 0 Å². The highest BCUT2D eigenvalue weighted by molar-refractivity contribution is 7.80. The lowest BCUT2D eigenvalue weighted by atomic mass is 10.0. The molecule has 0 spiro atoms. The average Bonchev–Trinajstić information content (AvgIpc) is 2.61. The van der Waals surface area contributed by atoms with Crippen molar-refractivity contribution in [3.63, 3.8) is 0 Å². The third-order valence-electron chi connectivity index (χ3n) is 3.69. The molecule has 0 aromatic carbocycles. The van der Waals surface area contributed by atoms with Crippen LogP contribution in [0.4, 0.5) is 0 Å². The highest BCUT2D eigenvalue weighted by atomic mass is 32.1. The summed E-state index contributed by atoms with van der Waals surface area (Å²) in [5.74, 6) is -5.68. The van der Waals surface area contributed by atoms with Gasteiger partial charge in [-0.15, -0.1) is 0 Å². The number of rotatable bonds is 13. The lowest BCUT2D eigenvalue weighted by molar-refractivity contribution is -0.144. The van der Waals surface area contributed by atoms with Crippen molar-refractivity contribution in [3.05, 3.63) is 0 Å². The highest BCUT2D eigenvalue weighted by Crippen LogP contribution is 2.04. The van der Waals surface area contributed by atoms with E-state index in [1.165, 1.54) is 0 Å². The Kier molecular flexibility index (Phi) is 11.9. The van der Waals surface area contributed by atoms with Crippen molar-refractivity contribution >= 4 is 42.3 Å². The van der Waals surface area contributed by atoms with Gasteiger partial charge in [-0.2, -0.15) is 12.6 Å². The summed E-state index contributed by atoms with van der Waals surface area (Å²) in [5, 5.41) is 33.3. The number of carbonyl (C=O) groups excluding carboxylic acids is 3. The number of aliphatic carboxylic acids is 2. The van der Waals surface area contributed by atoms with Gasteiger partial charge in [-0.3, -0.25) is 19.2 Å². The van der Waals surface area contributed by atoms with Crippen molar-refractivity contribution in [1.82, 2.24) is 16.0 Å². The van der Waals surface area contributed by atoms with Crippen LogP contribution in [-0.2, 0) is 24.0 Å². The number of carboxylic acids is 2. The van der Waals surface area contributed by atoms with E-state index in [0.29, 0.717) is 6.42 Å². The Labute approximate surface area is 173 Å². The number of amides is 3. The van der Waals surface area contributed by atoms with Gasteiger partial charge >= 0.3 is 11.9 Å². The Bertz CT molecular complexity index is 616. The first-order valence-corrected chi connectivity index (χ1v) is 9.39. The molecule has 0 aromatic heterocycles. The lowest BCUT2D eigenvalue weighted by Gasteiger charge is -2.23. The first-order valence-electron chi connectivity index (χ1n) is 8.75. The predicted molar refractivity (Wildman–Crippen MR) is 104 cm³/mol. The van der Waals surface area contributed by atoms with Crippen LogP contribution >= 0.6 is 12.6 Å². The summed E-state index contributed by atoms with van der Waals surface area (Å²) < 4.78 is 0. The number of aliphatic hydroxyl groups is 1. The normalized spacial score (nSPS) is 15.0. The summed E-state index contributed by atoms with van der Waals surface area (Å²) in [7, 11) is 0. The van der Waals surface area contributed by atoms with Crippen molar-refractivity contribution in [2.45, 2.75) is 50.9 Å². The van der Waals surface area contributed by atoms with Gasteiger partial charge in [0.05, 0.1) is 19.1 Å². The largest absolute Gasteiger partial charge is 0.481 e. The molecule has 0 aliphatic heterocycles. The Balaban J connectivity index is 5.18. The maximum atomic E-state index is 12.4. The lowest BCUT2D eigenvalue weighted by Crippen LogP contribution is -2.58. The first kappa shape index (κ1) is 26.6. The Hall–Kier alpha value is -2.38. The molecular formula is C16H28N4O8S. The van der Waals surface area contributed by atoms with Crippen LogP contribution < -0.4 is 21.7 Å². The van der Waals surface area contributed by atoms with Crippen LogP contribution in [0.2, 0.25) is 0 Å². The zero-order valence-corrected chi connectivity index (χ0v) is 17.0. The van der Waals surface area contributed by atoms with Crippen LogP contribution in [0, 0.1) is 5.92 Å². The Morgan fingerprint density at radius 2 is 1.38 bits per heavy atom. The molecule has 0 fully saturated rings. The minimum Gasteiger partial charge on any atom is -0.481 e. The highest BCUT2D eigenvalue weighted by Gasteiger charge is 2.30. The molecule has 166 valence electrons. The van der Waals surface area contributed by atoms with Crippen molar-refractivity contribution < 1.29 is 39.3 Å². The molecule has 0 bridgehead atoms. The molecule has 0 saturated carbocycles. The van der Waals surface area contributed by atoms with Crippen LogP contribution in [0.25, 0.3) is 0 Å². The summed E-state index contributed by atoms with van der Waals surface area (Å²) in [5.41, 5.74) is 5.72. The minimum absolute atomic E-state index is 0.0912. The molecule has 0 aliphatic rings. The smallest absolute Gasteiger partial charge is 0.328 e. The van der Waals surface area contributed by atoms with E-state index in [1.54, 1.807) is 0 Å². The summed E-state index contributed by atoms with van der Waals surface area (Å²) in [6.45, 7) is 2.79. The van der Waals surface area contributed by atoms with Gasteiger partial charge in [0.25, 0.3) is 0 Å². The van der Waals surface area contributed by atoms with Gasteiger partial charge in [0.15, 0.2) is 0 Å². The van der Waals surface area contributed by atoms with Gasteiger partial charge in [-0.1, -0.05) is 13.8 Å². The number of thiol groups is 1. The molecule has 0 saturated heterocycles. The first-order chi connectivity index (χ1) is 13.4.